The van der Waals surface area contributed by atoms with Crippen LogP contribution in [0.15, 0.2) is 53.0 Å². The molecule has 0 aromatic heterocycles. The molecule has 0 fully saturated rings. The Morgan fingerprint density at radius 3 is 2.45 bits per heavy atom. The van der Waals surface area contributed by atoms with Crippen molar-refractivity contribution in [2.75, 3.05) is 12.3 Å². The van der Waals surface area contributed by atoms with Crippen LogP contribution in [-0.2, 0) is 21.9 Å². The first-order chi connectivity index (χ1) is 14.0. The molecule has 0 heterocycles. The summed E-state index contributed by atoms with van der Waals surface area (Å²) < 4.78 is 1.03. The van der Waals surface area contributed by atoms with Gasteiger partial charge < -0.3 is 10.2 Å². The Labute approximate surface area is 190 Å². The van der Waals surface area contributed by atoms with Gasteiger partial charge in [-0.1, -0.05) is 64.8 Å². The van der Waals surface area contributed by atoms with Crippen LogP contribution in [0.4, 0.5) is 0 Å². The maximum atomic E-state index is 13.1. The van der Waals surface area contributed by atoms with Gasteiger partial charge in [0.05, 0.1) is 5.75 Å². The lowest BCUT2D eigenvalue weighted by molar-refractivity contribution is -0.139. The quantitative estimate of drug-likeness (QED) is 0.486. The fourth-order valence-electron chi connectivity index (χ4n) is 2.94. The van der Waals surface area contributed by atoms with Crippen molar-refractivity contribution >= 4 is 51.1 Å². The van der Waals surface area contributed by atoms with Crippen LogP contribution < -0.4 is 5.32 Å². The number of halogens is 2. The fraction of sp³-hybridized carbons (Fsp3) is 0.364. The predicted molar refractivity (Wildman–Crippen MR) is 125 cm³/mol. The van der Waals surface area contributed by atoms with Crippen LogP contribution in [0.3, 0.4) is 0 Å². The number of likely N-dealkylation sites (N-methyl/N-ethyl adjacent to an activating group) is 1. The molecule has 156 valence electrons. The lowest BCUT2D eigenvalue weighted by Crippen LogP contribution is -2.49. The van der Waals surface area contributed by atoms with Gasteiger partial charge in [0.1, 0.15) is 6.04 Å². The Balaban J connectivity index is 2.11. The van der Waals surface area contributed by atoms with Gasteiger partial charge in [-0.2, -0.15) is 0 Å². The van der Waals surface area contributed by atoms with Crippen molar-refractivity contribution in [1.29, 1.82) is 0 Å². The van der Waals surface area contributed by atoms with Crippen molar-refractivity contribution in [3.05, 3.63) is 69.2 Å². The molecule has 0 saturated heterocycles. The molecule has 2 aromatic rings. The van der Waals surface area contributed by atoms with E-state index in [1.165, 1.54) is 0 Å². The number of thioether (sulfide) groups is 1. The Morgan fingerprint density at radius 1 is 1.14 bits per heavy atom. The van der Waals surface area contributed by atoms with Crippen LogP contribution in [0.2, 0.25) is 5.02 Å². The van der Waals surface area contributed by atoms with Crippen LogP contribution >= 0.6 is 39.3 Å². The van der Waals surface area contributed by atoms with Gasteiger partial charge in [0.2, 0.25) is 11.8 Å². The average Bonchev–Trinajstić information content (AvgIpc) is 2.71. The van der Waals surface area contributed by atoms with Crippen molar-refractivity contribution in [2.45, 2.75) is 38.6 Å². The Morgan fingerprint density at radius 2 is 1.83 bits per heavy atom. The summed E-state index contributed by atoms with van der Waals surface area (Å²) in [6.07, 6.45) is 0.541. The van der Waals surface area contributed by atoms with Crippen LogP contribution in [0, 0.1) is 0 Å². The third-order valence-electron chi connectivity index (χ3n) is 4.44. The van der Waals surface area contributed by atoms with Crippen molar-refractivity contribution < 1.29 is 9.59 Å². The van der Waals surface area contributed by atoms with E-state index in [9.17, 15) is 9.59 Å². The molecule has 1 N–H and O–H groups in total. The summed E-state index contributed by atoms with van der Waals surface area (Å²) in [5, 5.41) is 3.44. The lowest BCUT2D eigenvalue weighted by Gasteiger charge is -2.30. The van der Waals surface area contributed by atoms with E-state index in [0.717, 1.165) is 21.4 Å². The molecule has 0 unspecified atom stereocenters. The molecule has 0 spiro atoms. The Hall–Kier alpha value is -1.50. The van der Waals surface area contributed by atoms with E-state index in [0.29, 0.717) is 30.3 Å². The zero-order valence-electron chi connectivity index (χ0n) is 16.7. The number of hydrogen-bond acceptors (Lipinski definition) is 3. The van der Waals surface area contributed by atoms with Crippen LogP contribution in [0.25, 0.3) is 0 Å². The normalized spacial score (nSPS) is 11.7. The third kappa shape index (κ3) is 7.36. The summed E-state index contributed by atoms with van der Waals surface area (Å²) in [4.78, 5) is 27.3. The SMILES string of the molecule is CCNC(=O)[C@@H](CC)N(Cc1ccccc1Cl)C(=O)CSCc1ccc(Br)cc1. The first-order valence-corrected chi connectivity index (χ1v) is 11.9. The molecule has 7 heteroatoms. The zero-order chi connectivity index (χ0) is 21.2. The number of carbonyl (C=O) groups is 2. The van der Waals surface area contributed by atoms with Gasteiger partial charge in [0, 0.05) is 28.3 Å². The Kier molecular flexibility index (Phi) is 10.0. The lowest BCUT2D eigenvalue weighted by atomic mass is 10.1. The van der Waals surface area contributed by atoms with E-state index in [4.69, 9.17) is 11.6 Å². The summed E-state index contributed by atoms with van der Waals surface area (Å²) in [7, 11) is 0. The molecular formula is C22H26BrClN2O2S. The fourth-order valence-corrected chi connectivity index (χ4v) is 4.27. The van der Waals surface area contributed by atoms with Crippen molar-refractivity contribution in [3.63, 3.8) is 0 Å². The van der Waals surface area contributed by atoms with E-state index in [1.54, 1.807) is 22.7 Å². The van der Waals surface area contributed by atoms with E-state index >= 15 is 0 Å². The minimum Gasteiger partial charge on any atom is -0.355 e. The van der Waals surface area contributed by atoms with Crippen molar-refractivity contribution in [1.82, 2.24) is 10.2 Å². The summed E-state index contributed by atoms with van der Waals surface area (Å²) >= 11 is 11.3. The Bertz CT molecular complexity index is 817. The van der Waals surface area contributed by atoms with Gasteiger partial charge in [-0.25, -0.2) is 0 Å². The second-order valence-electron chi connectivity index (χ2n) is 6.55. The molecule has 4 nitrogen and oxygen atoms in total. The topological polar surface area (TPSA) is 49.4 Å². The minimum absolute atomic E-state index is 0.0647. The second kappa shape index (κ2) is 12.3. The van der Waals surface area contributed by atoms with E-state index in [-0.39, 0.29) is 11.8 Å². The highest BCUT2D eigenvalue weighted by Crippen LogP contribution is 2.22. The molecule has 0 aliphatic rings. The van der Waals surface area contributed by atoms with Gasteiger partial charge in [0.25, 0.3) is 0 Å². The van der Waals surface area contributed by atoms with E-state index < -0.39 is 6.04 Å². The highest BCUT2D eigenvalue weighted by molar-refractivity contribution is 9.10. The number of rotatable bonds is 10. The first kappa shape index (κ1) is 23.8. The molecule has 1 atom stereocenters. The standard InChI is InChI=1S/C22H26BrClN2O2S/c1-3-20(22(28)25-4-2)26(13-17-7-5-6-8-19(17)24)21(27)15-29-14-16-9-11-18(23)12-10-16/h5-12,20H,3-4,13-15H2,1-2H3,(H,25,28)/t20-/m1/s1. The van der Waals surface area contributed by atoms with Crippen LogP contribution in [0.5, 0.6) is 0 Å². The highest BCUT2D eigenvalue weighted by atomic mass is 79.9. The molecule has 0 aliphatic heterocycles. The maximum absolute atomic E-state index is 13.1. The summed E-state index contributed by atoms with van der Waals surface area (Å²) in [5.41, 5.74) is 1.99. The second-order valence-corrected chi connectivity index (χ2v) is 8.86. The molecule has 2 aromatic carbocycles. The number of nitrogens with zero attached hydrogens (tertiary/aromatic N) is 1. The molecule has 0 saturated carbocycles. The summed E-state index contributed by atoms with van der Waals surface area (Å²) in [6.45, 7) is 4.63. The number of nitrogens with one attached hydrogen (secondary N) is 1. The molecule has 0 aliphatic carbocycles. The molecule has 2 amide bonds. The molecule has 29 heavy (non-hydrogen) atoms. The summed E-state index contributed by atoms with van der Waals surface area (Å²) in [6, 6.07) is 15.0. The first-order valence-electron chi connectivity index (χ1n) is 9.59. The maximum Gasteiger partial charge on any atom is 0.242 e. The minimum atomic E-state index is -0.521. The molecule has 0 bridgehead atoms. The van der Waals surface area contributed by atoms with Gasteiger partial charge in [0.15, 0.2) is 0 Å². The van der Waals surface area contributed by atoms with Crippen molar-refractivity contribution in [3.8, 4) is 0 Å². The predicted octanol–water partition coefficient (Wildman–Crippen LogP) is 5.28. The largest absolute Gasteiger partial charge is 0.355 e. The van der Waals surface area contributed by atoms with E-state index in [2.05, 4.69) is 21.2 Å². The molecule has 0 radical (unpaired) electrons. The van der Waals surface area contributed by atoms with Crippen LogP contribution in [-0.4, -0.2) is 35.1 Å². The van der Waals surface area contributed by atoms with Gasteiger partial charge in [-0.05, 0) is 42.7 Å². The number of benzene rings is 2. The molecular weight excluding hydrogens is 472 g/mol. The van der Waals surface area contributed by atoms with Gasteiger partial charge in [-0.3, -0.25) is 9.59 Å². The third-order valence-corrected chi connectivity index (χ3v) is 6.33. The van der Waals surface area contributed by atoms with E-state index in [1.807, 2.05) is 56.3 Å². The smallest absolute Gasteiger partial charge is 0.242 e. The van der Waals surface area contributed by atoms with Gasteiger partial charge >= 0.3 is 0 Å². The van der Waals surface area contributed by atoms with Crippen LogP contribution in [0.1, 0.15) is 31.4 Å². The average molecular weight is 498 g/mol. The monoisotopic (exact) mass is 496 g/mol. The molecule has 2 rings (SSSR count). The highest BCUT2D eigenvalue weighted by Gasteiger charge is 2.28. The zero-order valence-corrected chi connectivity index (χ0v) is 19.8. The number of carbonyl (C=O) groups excluding carboxylic acids is 2. The number of hydrogen-bond donors (Lipinski definition) is 1. The summed E-state index contributed by atoms with van der Waals surface area (Å²) in [5.74, 6) is 0.839. The number of amides is 2. The van der Waals surface area contributed by atoms with Crippen molar-refractivity contribution in [2.24, 2.45) is 0 Å². The van der Waals surface area contributed by atoms with Gasteiger partial charge in [-0.15, -0.1) is 11.8 Å².